The van der Waals surface area contributed by atoms with E-state index in [1.165, 1.54) is 0 Å². The first kappa shape index (κ1) is 13.6. The Morgan fingerprint density at radius 2 is 1.76 bits per heavy atom. The Morgan fingerprint density at radius 3 is 2.43 bits per heavy atom. The van der Waals surface area contributed by atoms with Crippen LogP contribution in [0.5, 0.6) is 5.75 Å². The highest BCUT2D eigenvalue weighted by Gasteiger charge is 2.04. The third-order valence-electron chi connectivity index (χ3n) is 3.02. The Labute approximate surface area is 127 Å². The maximum atomic E-state index is 5.15. The topological polar surface area (TPSA) is 39.4 Å². The zero-order valence-electron chi connectivity index (χ0n) is 11.9. The van der Waals surface area contributed by atoms with Crippen LogP contribution in [0, 0.1) is 0 Å². The van der Waals surface area contributed by atoms with Gasteiger partial charge < -0.3 is 4.74 Å². The van der Waals surface area contributed by atoms with Gasteiger partial charge in [-0.15, -0.1) is 0 Å². The van der Waals surface area contributed by atoms with Crippen molar-refractivity contribution in [3.05, 3.63) is 59.4 Å². The molecule has 0 saturated carbocycles. The first-order chi connectivity index (χ1) is 10.3. The third kappa shape index (κ3) is 3.03. The van der Waals surface area contributed by atoms with Gasteiger partial charge in [0.05, 0.1) is 12.8 Å². The lowest BCUT2D eigenvalue weighted by Gasteiger charge is -1.98. The number of benzene rings is 2. The Morgan fingerprint density at radius 1 is 1.05 bits per heavy atom. The maximum absolute atomic E-state index is 5.15. The molecule has 0 amide bonds. The number of hydrogen-bond donors (Lipinski definition) is 0. The lowest BCUT2D eigenvalue weighted by molar-refractivity contribution is 0.415. The fraction of sp³-hybridized carbons (Fsp3) is 0.125. The van der Waals surface area contributed by atoms with Gasteiger partial charge in [0, 0.05) is 12.6 Å². The van der Waals surface area contributed by atoms with E-state index in [9.17, 15) is 0 Å². The van der Waals surface area contributed by atoms with E-state index in [2.05, 4.69) is 22.2 Å². The summed E-state index contributed by atoms with van der Waals surface area (Å²) in [7, 11) is 3.56. The Bertz CT molecular complexity index is 788. The van der Waals surface area contributed by atoms with E-state index >= 15 is 0 Å². The molecule has 0 radical (unpaired) electrons. The molecule has 0 bridgehead atoms. The summed E-state index contributed by atoms with van der Waals surface area (Å²) in [5.41, 5.74) is 1.99. The first-order valence-electron chi connectivity index (χ1n) is 6.54. The number of rotatable bonds is 3. The van der Waals surface area contributed by atoms with Crippen molar-refractivity contribution < 1.29 is 4.74 Å². The summed E-state index contributed by atoms with van der Waals surface area (Å²) >= 11 is 1.57. The molecule has 0 saturated heterocycles. The molecule has 0 unspecified atom stereocenters. The van der Waals surface area contributed by atoms with E-state index in [1.54, 1.807) is 23.1 Å². The van der Waals surface area contributed by atoms with Crippen LogP contribution in [0.15, 0.2) is 59.6 Å². The highest BCUT2D eigenvalue weighted by Crippen LogP contribution is 2.20. The predicted molar refractivity (Wildman–Crippen MR) is 84.7 cm³/mol. The van der Waals surface area contributed by atoms with E-state index in [4.69, 9.17) is 4.74 Å². The normalized spacial score (nSPS) is 11.6. The van der Waals surface area contributed by atoms with Crippen molar-refractivity contribution in [2.75, 3.05) is 7.11 Å². The van der Waals surface area contributed by atoms with Crippen LogP contribution < -0.4 is 9.54 Å². The highest BCUT2D eigenvalue weighted by molar-refractivity contribution is 7.12. The second kappa shape index (κ2) is 5.93. The number of aromatic nitrogens is 2. The van der Waals surface area contributed by atoms with E-state index in [-0.39, 0.29) is 0 Å². The summed E-state index contributed by atoms with van der Waals surface area (Å²) in [6.45, 7) is 0. The lowest BCUT2D eigenvalue weighted by Crippen LogP contribution is -2.10. The molecule has 3 rings (SSSR count). The van der Waals surface area contributed by atoms with Crippen molar-refractivity contribution in [1.29, 1.82) is 0 Å². The van der Waals surface area contributed by atoms with Crippen LogP contribution in [-0.2, 0) is 7.05 Å². The maximum Gasteiger partial charge on any atom is 0.208 e. The third-order valence-corrected chi connectivity index (χ3v) is 4.07. The van der Waals surface area contributed by atoms with Crippen LogP contribution in [0.1, 0.15) is 0 Å². The second-order valence-electron chi connectivity index (χ2n) is 4.49. The van der Waals surface area contributed by atoms with Gasteiger partial charge in [0.1, 0.15) is 10.8 Å². The van der Waals surface area contributed by atoms with E-state index in [0.29, 0.717) is 0 Å². The average molecular weight is 297 g/mol. The van der Waals surface area contributed by atoms with Crippen LogP contribution in [0.3, 0.4) is 0 Å². The fourth-order valence-corrected chi connectivity index (χ4v) is 2.83. The number of ether oxygens (including phenoxy) is 1. The van der Waals surface area contributed by atoms with Crippen LogP contribution >= 0.6 is 11.3 Å². The van der Waals surface area contributed by atoms with Gasteiger partial charge in [0.15, 0.2) is 0 Å². The van der Waals surface area contributed by atoms with Crippen molar-refractivity contribution in [2.45, 2.75) is 0 Å². The highest BCUT2D eigenvalue weighted by atomic mass is 32.1. The lowest BCUT2D eigenvalue weighted by atomic mass is 10.2. The standard InChI is InChI=1S/C16H15N3OS/c1-19-16(17-13-8-10-14(20-2)11-9-13)21-15(18-19)12-6-4-3-5-7-12/h3-11H,1-2H3. The van der Waals surface area contributed by atoms with Gasteiger partial charge in [-0.05, 0) is 24.3 Å². The predicted octanol–water partition coefficient (Wildman–Crippen LogP) is 3.39. The molecule has 0 N–H and O–H groups in total. The first-order valence-corrected chi connectivity index (χ1v) is 7.36. The minimum atomic E-state index is 0.826. The fourth-order valence-electron chi connectivity index (χ4n) is 1.91. The molecular weight excluding hydrogens is 282 g/mol. The molecule has 5 heteroatoms. The van der Waals surface area contributed by atoms with Gasteiger partial charge in [0.25, 0.3) is 0 Å². The molecule has 1 aromatic heterocycles. The quantitative estimate of drug-likeness (QED) is 0.743. The second-order valence-corrected chi connectivity index (χ2v) is 5.45. The summed E-state index contributed by atoms with van der Waals surface area (Å²) in [6, 6.07) is 17.8. The molecule has 0 fully saturated rings. The van der Waals surface area contributed by atoms with E-state index < -0.39 is 0 Å². The van der Waals surface area contributed by atoms with Crippen molar-refractivity contribution >= 4 is 17.0 Å². The zero-order valence-corrected chi connectivity index (χ0v) is 12.7. The smallest absolute Gasteiger partial charge is 0.208 e. The minimum absolute atomic E-state index is 0.826. The molecule has 0 spiro atoms. The Hall–Kier alpha value is -2.40. The van der Waals surface area contributed by atoms with Crippen molar-refractivity contribution in [2.24, 2.45) is 12.0 Å². The van der Waals surface area contributed by atoms with Gasteiger partial charge in [-0.3, -0.25) is 0 Å². The molecule has 0 aliphatic heterocycles. The molecule has 3 aromatic rings. The van der Waals surface area contributed by atoms with Crippen LogP contribution in [0.25, 0.3) is 10.6 Å². The number of hydrogen-bond acceptors (Lipinski definition) is 4. The van der Waals surface area contributed by atoms with Gasteiger partial charge in [-0.1, -0.05) is 41.7 Å². The van der Waals surface area contributed by atoms with Crippen LogP contribution in [0.2, 0.25) is 0 Å². The molecular formula is C16H15N3OS. The number of methoxy groups -OCH3 is 1. The Kier molecular flexibility index (Phi) is 3.83. The SMILES string of the molecule is COc1ccc(N=c2sc(-c3ccccc3)nn2C)cc1. The van der Waals surface area contributed by atoms with Crippen LogP contribution in [-0.4, -0.2) is 16.9 Å². The van der Waals surface area contributed by atoms with Crippen LogP contribution in [0.4, 0.5) is 5.69 Å². The average Bonchev–Trinajstić information content (AvgIpc) is 2.90. The van der Waals surface area contributed by atoms with Gasteiger partial charge in [-0.2, -0.15) is 5.10 Å². The van der Waals surface area contributed by atoms with Crippen molar-refractivity contribution in [3.63, 3.8) is 0 Å². The molecule has 0 atom stereocenters. The van der Waals surface area contributed by atoms with E-state index in [0.717, 1.165) is 26.8 Å². The van der Waals surface area contributed by atoms with E-state index in [1.807, 2.05) is 49.5 Å². The molecule has 21 heavy (non-hydrogen) atoms. The molecule has 2 aromatic carbocycles. The summed E-state index contributed by atoms with van der Waals surface area (Å²) in [4.78, 5) is 5.49. The summed E-state index contributed by atoms with van der Waals surface area (Å²) in [5.74, 6) is 0.826. The Balaban J connectivity index is 1.98. The molecule has 0 aliphatic rings. The number of aryl methyl sites for hydroxylation is 1. The molecule has 0 aliphatic carbocycles. The zero-order chi connectivity index (χ0) is 14.7. The van der Waals surface area contributed by atoms with Crippen molar-refractivity contribution in [3.8, 4) is 16.3 Å². The van der Waals surface area contributed by atoms with Gasteiger partial charge >= 0.3 is 0 Å². The van der Waals surface area contributed by atoms with Gasteiger partial charge in [0.2, 0.25) is 4.80 Å². The summed E-state index contributed by atoms with van der Waals surface area (Å²) < 4.78 is 6.95. The monoisotopic (exact) mass is 297 g/mol. The largest absolute Gasteiger partial charge is 0.497 e. The minimum Gasteiger partial charge on any atom is -0.497 e. The summed E-state index contributed by atoms with van der Waals surface area (Å²) in [6.07, 6.45) is 0. The number of nitrogens with zero attached hydrogens (tertiary/aromatic N) is 3. The molecule has 4 nitrogen and oxygen atoms in total. The van der Waals surface area contributed by atoms with Crippen molar-refractivity contribution in [1.82, 2.24) is 9.78 Å². The summed E-state index contributed by atoms with van der Waals surface area (Å²) in [5, 5.41) is 5.49. The van der Waals surface area contributed by atoms with Gasteiger partial charge in [-0.25, -0.2) is 9.67 Å². The molecule has 1 heterocycles. The molecule has 106 valence electrons.